The Kier molecular flexibility index (Phi) is 3.99. The summed E-state index contributed by atoms with van der Waals surface area (Å²) in [7, 11) is 0. The Morgan fingerprint density at radius 3 is 2.77 bits per heavy atom. The molecular formula is C10H18N2O. The molecule has 1 aromatic rings. The molecule has 0 aromatic carbocycles. The van der Waals surface area contributed by atoms with Crippen molar-refractivity contribution in [2.75, 3.05) is 6.54 Å². The lowest BCUT2D eigenvalue weighted by atomic mass is 10.1. The summed E-state index contributed by atoms with van der Waals surface area (Å²) in [5.74, 6) is 1.88. The summed E-state index contributed by atoms with van der Waals surface area (Å²) in [5.41, 5.74) is 11.3. The standard InChI is InChI=1S/C10H18N2O/c1-2-8-5-6-10(13-8)9(12)4-3-7-11/h5-6,9H,2-4,7,11-12H2,1H3/t9-/m0/s1. The molecule has 0 spiro atoms. The topological polar surface area (TPSA) is 65.2 Å². The third-order valence-corrected chi connectivity index (χ3v) is 2.12. The first-order chi connectivity index (χ1) is 6.27. The van der Waals surface area contributed by atoms with Crippen LogP contribution < -0.4 is 11.5 Å². The Balaban J connectivity index is 2.50. The second-order valence-corrected chi connectivity index (χ2v) is 3.20. The summed E-state index contributed by atoms with van der Waals surface area (Å²) in [6.45, 7) is 2.75. The molecule has 0 aliphatic carbocycles. The van der Waals surface area contributed by atoms with Gasteiger partial charge in [0.15, 0.2) is 0 Å². The first kappa shape index (κ1) is 10.3. The van der Waals surface area contributed by atoms with E-state index in [1.54, 1.807) is 0 Å². The molecule has 4 N–H and O–H groups in total. The van der Waals surface area contributed by atoms with E-state index in [2.05, 4.69) is 6.92 Å². The second-order valence-electron chi connectivity index (χ2n) is 3.20. The summed E-state index contributed by atoms with van der Waals surface area (Å²) < 4.78 is 5.53. The molecular weight excluding hydrogens is 164 g/mol. The molecule has 0 saturated carbocycles. The summed E-state index contributed by atoms with van der Waals surface area (Å²) >= 11 is 0. The van der Waals surface area contributed by atoms with E-state index in [4.69, 9.17) is 15.9 Å². The number of hydrogen-bond donors (Lipinski definition) is 2. The molecule has 0 unspecified atom stereocenters. The molecule has 0 fully saturated rings. The zero-order chi connectivity index (χ0) is 9.68. The van der Waals surface area contributed by atoms with Crippen LogP contribution in [0.5, 0.6) is 0 Å². The molecule has 0 saturated heterocycles. The van der Waals surface area contributed by atoms with E-state index >= 15 is 0 Å². The Morgan fingerprint density at radius 1 is 1.46 bits per heavy atom. The Bertz CT molecular complexity index is 245. The van der Waals surface area contributed by atoms with Gasteiger partial charge in [-0.3, -0.25) is 0 Å². The van der Waals surface area contributed by atoms with E-state index in [1.807, 2.05) is 12.1 Å². The molecule has 1 rings (SSSR count). The SMILES string of the molecule is CCc1ccc([C@@H](N)CCCN)o1. The first-order valence-electron chi connectivity index (χ1n) is 4.82. The maximum Gasteiger partial charge on any atom is 0.120 e. The van der Waals surface area contributed by atoms with E-state index in [9.17, 15) is 0 Å². The first-order valence-corrected chi connectivity index (χ1v) is 4.82. The normalized spacial score (nSPS) is 13.2. The van der Waals surface area contributed by atoms with Crippen molar-refractivity contribution < 1.29 is 4.42 Å². The van der Waals surface area contributed by atoms with Crippen LogP contribution in [0.4, 0.5) is 0 Å². The maximum absolute atomic E-state index is 5.90. The van der Waals surface area contributed by atoms with E-state index in [0.717, 1.165) is 30.8 Å². The van der Waals surface area contributed by atoms with Crippen LogP contribution in [0.15, 0.2) is 16.5 Å². The van der Waals surface area contributed by atoms with Gasteiger partial charge >= 0.3 is 0 Å². The van der Waals surface area contributed by atoms with Gasteiger partial charge in [-0.2, -0.15) is 0 Å². The van der Waals surface area contributed by atoms with Crippen molar-refractivity contribution >= 4 is 0 Å². The van der Waals surface area contributed by atoms with Crippen molar-refractivity contribution in [2.24, 2.45) is 11.5 Å². The molecule has 0 amide bonds. The fourth-order valence-corrected chi connectivity index (χ4v) is 1.26. The highest BCUT2D eigenvalue weighted by Gasteiger charge is 2.09. The van der Waals surface area contributed by atoms with Crippen molar-refractivity contribution in [3.8, 4) is 0 Å². The average Bonchev–Trinajstić information content (AvgIpc) is 2.62. The van der Waals surface area contributed by atoms with E-state index in [-0.39, 0.29) is 6.04 Å². The molecule has 0 aliphatic heterocycles. The van der Waals surface area contributed by atoms with Gasteiger partial charge in [-0.15, -0.1) is 0 Å². The van der Waals surface area contributed by atoms with E-state index < -0.39 is 0 Å². The Labute approximate surface area is 79.1 Å². The summed E-state index contributed by atoms with van der Waals surface area (Å²) in [4.78, 5) is 0. The summed E-state index contributed by atoms with van der Waals surface area (Å²) in [6.07, 6.45) is 2.76. The molecule has 1 atom stereocenters. The zero-order valence-corrected chi connectivity index (χ0v) is 8.12. The molecule has 0 radical (unpaired) electrons. The molecule has 1 heterocycles. The van der Waals surface area contributed by atoms with Gasteiger partial charge < -0.3 is 15.9 Å². The third-order valence-electron chi connectivity index (χ3n) is 2.12. The number of hydrogen-bond acceptors (Lipinski definition) is 3. The van der Waals surface area contributed by atoms with E-state index in [1.165, 1.54) is 0 Å². The van der Waals surface area contributed by atoms with Crippen LogP contribution in [-0.2, 0) is 6.42 Å². The number of nitrogens with two attached hydrogens (primary N) is 2. The van der Waals surface area contributed by atoms with Crippen LogP contribution in [0.25, 0.3) is 0 Å². The minimum Gasteiger partial charge on any atom is -0.464 e. The van der Waals surface area contributed by atoms with Gasteiger partial charge in [0.1, 0.15) is 11.5 Å². The smallest absolute Gasteiger partial charge is 0.120 e. The molecule has 0 bridgehead atoms. The number of aryl methyl sites for hydroxylation is 1. The lowest BCUT2D eigenvalue weighted by Crippen LogP contribution is -2.11. The van der Waals surface area contributed by atoms with Gasteiger partial charge in [-0.25, -0.2) is 0 Å². The number of furan rings is 1. The fourth-order valence-electron chi connectivity index (χ4n) is 1.26. The van der Waals surface area contributed by atoms with Gasteiger partial charge in [0.25, 0.3) is 0 Å². The minimum atomic E-state index is 0.00356. The number of rotatable bonds is 5. The molecule has 3 nitrogen and oxygen atoms in total. The van der Waals surface area contributed by atoms with Gasteiger partial charge in [0, 0.05) is 6.42 Å². The highest BCUT2D eigenvalue weighted by Crippen LogP contribution is 2.18. The predicted molar refractivity (Wildman–Crippen MR) is 53.3 cm³/mol. The monoisotopic (exact) mass is 182 g/mol. The van der Waals surface area contributed by atoms with Crippen molar-refractivity contribution in [3.63, 3.8) is 0 Å². The fraction of sp³-hybridized carbons (Fsp3) is 0.600. The quantitative estimate of drug-likeness (QED) is 0.726. The Morgan fingerprint density at radius 2 is 2.23 bits per heavy atom. The van der Waals surface area contributed by atoms with Gasteiger partial charge in [0.2, 0.25) is 0 Å². The van der Waals surface area contributed by atoms with Crippen LogP contribution in [0.3, 0.4) is 0 Å². The van der Waals surface area contributed by atoms with Crippen LogP contribution in [0.1, 0.15) is 37.3 Å². The minimum absolute atomic E-state index is 0.00356. The largest absolute Gasteiger partial charge is 0.464 e. The van der Waals surface area contributed by atoms with E-state index in [0.29, 0.717) is 6.54 Å². The van der Waals surface area contributed by atoms with Crippen molar-refractivity contribution in [1.82, 2.24) is 0 Å². The van der Waals surface area contributed by atoms with Crippen molar-refractivity contribution in [2.45, 2.75) is 32.2 Å². The van der Waals surface area contributed by atoms with Crippen molar-refractivity contribution in [1.29, 1.82) is 0 Å². The summed E-state index contributed by atoms with van der Waals surface area (Å²) in [6, 6.07) is 3.95. The summed E-state index contributed by atoms with van der Waals surface area (Å²) in [5, 5.41) is 0. The third kappa shape index (κ3) is 2.86. The molecule has 13 heavy (non-hydrogen) atoms. The average molecular weight is 182 g/mol. The van der Waals surface area contributed by atoms with Gasteiger partial charge in [0.05, 0.1) is 6.04 Å². The van der Waals surface area contributed by atoms with Crippen LogP contribution in [0.2, 0.25) is 0 Å². The predicted octanol–water partition coefficient (Wildman–Crippen LogP) is 1.58. The Hall–Kier alpha value is -0.800. The van der Waals surface area contributed by atoms with Crippen molar-refractivity contribution in [3.05, 3.63) is 23.7 Å². The molecule has 1 aromatic heterocycles. The molecule has 0 aliphatic rings. The second kappa shape index (κ2) is 5.04. The lowest BCUT2D eigenvalue weighted by molar-refractivity contribution is 0.422. The highest BCUT2D eigenvalue weighted by atomic mass is 16.3. The molecule has 3 heteroatoms. The molecule has 74 valence electrons. The zero-order valence-electron chi connectivity index (χ0n) is 8.12. The van der Waals surface area contributed by atoms with Crippen LogP contribution in [-0.4, -0.2) is 6.54 Å². The van der Waals surface area contributed by atoms with Gasteiger partial charge in [-0.1, -0.05) is 6.92 Å². The van der Waals surface area contributed by atoms with Gasteiger partial charge in [-0.05, 0) is 31.5 Å². The van der Waals surface area contributed by atoms with Crippen LogP contribution >= 0.6 is 0 Å². The highest BCUT2D eigenvalue weighted by molar-refractivity contribution is 5.10. The van der Waals surface area contributed by atoms with Crippen LogP contribution in [0, 0.1) is 0 Å². The maximum atomic E-state index is 5.90. The lowest BCUT2D eigenvalue weighted by Gasteiger charge is -2.06.